The van der Waals surface area contributed by atoms with Crippen molar-refractivity contribution in [1.29, 1.82) is 0 Å². The SMILES string of the molecule is CC1(O)CN(Cc2ccc(Br)c3ccccc23)C1. The molecule has 18 heavy (non-hydrogen) atoms. The van der Waals surface area contributed by atoms with Gasteiger partial charge in [0.1, 0.15) is 0 Å². The van der Waals surface area contributed by atoms with Crippen LogP contribution in [0.25, 0.3) is 10.8 Å². The van der Waals surface area contributed by atoms with Crippen molar-refractivity contribution < 1.29 is 5.11 Å². The summed E-state index contributed by atoms with van der Waals surface area (Å²) >= 11 is 3.59. The van der Waals surface area contributed by atoms with Crippen molar-refractivity contribution in [1.82, 2.24) is 4.90 Å². The van der Waals surface area contributed by atoms with Gasteiger partial charge in [0.05, 0.1) is 5.60 Å². The molecule has 3 heteroatoms. The number of rotatable bonds is 2. The molecule has 2 aromatic rings. The molecule has 0 aliphatic carbocycles. The van der Waals surface area contributed by atoms with Crippen LogP contribution < -0.4 is 0 Å². The highest BCUT2D eigenvalue weighted by Gasteiger charge is 2.36. The Morgan fingerprint density at radius 3 is 2.50 bits per heavy atom. The normalized spacial score (nSPS) is 18.8. The van der Waals surface area contributed by atoms with E-state index in [1.54, 1.807) is 0 Å². The third-order valence-electron chi connectivity index (χ3n) is 3.48. The zero-order valence-corrected chi connectivity index (χ0v) is 11.9. The third-order valence-corrected chi connectivity index (χ3v) is 4.18. The molecule has 0 saturated carbocycles. The van der Waals surface area contributed by atoms with Gasteiger partial charge in [-0.25, -0.2) is 0 Å². The number of fused-ring (bicyclic) bond motifs is 1. The first kappa shape index (κ1) is 12.2. The summed E-state index contributed by atoms with van der Waals surface area (Å²) in [6, 6.07) is 12.7. The van der Waals surface area contributed by atoms with Crippen LogP contribution >= 0.6 is 15.9 Å². The molecule has 1 fully saturated rings. The number of likely N-dealkylation sites (tertiary alicyclic amines) is 1. The second kappa shape index (κ2) is 4.34. The van der Waals surface area contributed by atoms with Crippen LogP contribution in [0.15, 0.2) is 40.9 Å². The maximum absolute atomic E-state index is 9.77. The molecule has 1 saturated heterocycles. The van der Waals surface area contributed by atoms with E-state index in [2.05, 4.69) is 57.2 Å². The standard InChI is InChI=1S/C15H16BrNO/c1-15(18)9-17(10-15)8-11-6-7-14(16)13-5-3-2-4-12(11)13/h2-7,18H,8-10H2,1H3. The largest absolute Gasteiger partial charge is 0.388 e. The zero-order chi connectivity index (χ0) is 12.8. The Balaban J connectivity index is 1.91. The van der Waals surface area contributed by atoms with E-state index in [-0.39, 0.29) is 0 Å². The third kappa shape index (κ3) is 2.18. The summed E-state index contributed by atoms with van der Waals surface area (Å²) in [6.45, 7) is 4.32. The summed E-state index contributed by atoms with van der Waals surface area (Å²) in [4.78, 5) is 2.27. The molecule has 0 unspecified atom stereocenters. The van der Waals surface area contributed by atoms with Gasteiger partial charge in [-0.3, -0.25) is 4.90 Å². The van der Waals surface area contributed by atoms with Crippen molar-refractivity contribution in [3.63, 3.8) is 0 Å². The highest BCUT2D eigenvalue weighted by atomic mass is 79.9. The molecule has 94 valence electrons. The summed E-state index contributed by atoms with van der Waals surface area (Å²) < 4.78 is 1.14. The van der Waals surface area contributed by atoms with Gasteiger partial charge >= 0.3 is 0 Å². The van der Waals surface area contributed by atoms with Gasteiger partial charge in [-0.05, 0) is 29.3 Å². The number of nitrogens with zero attached hydrogens (tertiary/aromatic N) is 1. The van der Waals surface area contributed by atoms with E-state index in [1.165, 1.54) is 16.3 Å². The van der Waals surface area contributed by atoms with E-state index in [4.69, 9.17) is 0 Å². The second-order valence-electron chi connectivity index (χ2n) is 5.39. The minimum Gasteiger partial charge on any atom is -0.388 e. The van der Waals surface area contributed by atoms with Crippen LogP contribution in [0.1, 0.15) is 12.5 Å². The van der Waals surface area contributed by atoms with E-state index < -0.39 is 5.60 Å². The topological polar surface area (TPSA) is 23.5 Å². The van der Waals surface area contributed by atoms with Crippen molar-refractivity contribution in [2.45, 2.75) is 19.1 Å². The minimum absolute atomic E-state index is 0.495. The van der Waals surface area contributed by atoms with Crippen molar-refractivity contribution in [3.8, 4) is 0 Å². The second-order valence-corrected chi connectivity index (χ2v) is 6.25. The Hall–Kier alpha value is -0.900. The molecule has 1 heterocycles. The van der Waals surface area contributed by atoms with Crippen LogP contribution in [0.3, 0.4) is 0 Å². The van der Waals surface area contributed by atoms with Gasteiger partial charge in [0.2, 0.25) is 0 Å². The average Bonchev–Trinajstić information content (AvgIpc) is 2.31. The lowest BCUT2D eigenvalue weighted by molar-refractivity contribution is -0.0869. The minimum atomic E-state index is -0.495. The fourth-order valence-corrected chi connectivity index (χ4v) is 3.21. The van der Waals surface area contributed by atoms with Crippen LogP contribution in [0.5, 0.6) is 0 Å². The molecule has 1 N–H and O–H groups in total. The number of hydrogen-bond donors (Lipinski definition) is 1. The Morgan fingerprint density at radius 1 is 1.17 bits per heavy atom. The van der Waals surface area contributed by atoms with E-state index >= 15 is 0 Å². The first-order valence-electron chi connectivity index (χ1n) is 6.16. The Kier molecular flexibility index (Phi) is 2.93. The van der Waals surface area contributed by atoms with Crippen molar-refractivity contribution in [2.24, 2.45) is 0 Å². The van der Waals surface area contributed by atoms with Crippen LogP contribution in [0.4, 0.5) is 0 Å². The maximum Gasteiger partial charge on any atom is 0.0872 e. The Morgan fingerprint density at radius 2 is 1.83 bits per heavy atom. The fraction of sp³-hybridized carbons (Fsp3) is 0.333. The molecule has 1 aliphatic heterocycles. The number of hydrogen-bond acceptors (Lipinski definition) is 2. The van der Waals surface area contributed by atoms with E-state index in [1.807, 2.05) is 6.92 Å². The molecule has 2 aromatic carbocycles. The summed E-state index contributed by atoms with van der Waals surface area (Å²) in [5, 5.41) is 12.3. The lowest BCUT2D eigenvalue weighted by Crippen LogP contribution is -2.59. The first-order valence-corrected chi connectivity index (χ1v) is 6.95. The Bertz CT molecular complexity index is 586. The van der Waals surface area contributed by atoms with E-state index in [9.17, 15) is 5.11 Å². The van der Waals surface area contributed by atoms with Gasteiger partial charge in [-0.15, -0.1) is 0 Å². The van der Waals surface area contributed by atoms with Gasteiger partial charge in [0, 0.05) is 24.1 Å². The van der Waals surface area contributed by atoms with Gasteiger partial charge in [0.25, 0.3) is 0 Å². The van der Waals surface area contributed by atoms with E-state index in [0.717, 1.165) is 24.1 Å². The summed E-state index contributed by atoms with van der Waals surface area (Å²) in [5.41, 5.74) is 0.829. The number of aliphatic hydroxyl groups is 1. The lowest BCUT2D eigenvalue weighted by Gasteiger charge is -2.44. The molecule has 1 aliphatic rings. The lowest BCUT2D eigenvalue weighted by atomic mass is 9.95. The van der Waals surface area contributed by atoms with Crippen molar-refractivity contribution >= 4 is 26.7 Å². The summed E-state index contributed by atoms with van der Waals surface area (Å²) in [5.74, 6) is 0. The van der Waals surface area contributed by atoms with Crippen molar-refractivity contribution in [3.05, 3.63) is 46.4 Å². The fourth-order valence-electron chi connectivity index (χ4n) is 2.73. The van der Waals surface area contributed by atoms with Crippen molar-refractivity contribution in [2.75, 3.05) is 13.1 Å². The smallest absolute Gasteiger partial charge is 0.0872 e. The highest BCUT2D eigenvalue weighted by molar-refractivity contribution is 9.10. The molecule has 3 rings (SSSR count). The molecule has 0 atom stereocenters. The number of benzene rings is 2. The predicted molar refractivity (Wildman–Crippen MR) is 77.5 cm³/mol. The summed E-state index contributed by atoms with van der Waals surface area (Å²) in [6.07, 6.45) is 0. The molecular weight excluding hydrogens is 290 g/mol. The Labute approximate surface area is 115 Å². The first-order chi connectivity index (χ1) is 8.55. The average molecular weight is 306 g/mol. The molecule has 0 bridgehead atoms. The molecule has 0 spiro atoms. The van der Waals surface area contributed by atoms with Crippen LogP contribution in [-0.2, 0) is 6.54 Å². The number of β-amino-alcohol motifs (C(OH)–C–C–N with tert-alkyl or cyclic N) is 1. The number of halogens is 1. The quantitative estimate of drug-likeness (QED) is 0.921. The van der Waals surface area contributed by atoms with Crippen LogP contribution in [-0.4, -0.2) is 28.7 Å². The van der Waals surface area contributed by atoms with Gasteiger partial charge in [-0.1, -0.05) is 46.3 Å². The van der Waals surface area contributed by atoms with Crippen LogP contribution in [0.2, 0.25) is 0 Å². The molecular formula is C15H16BrNO. The van der Waals surface area contributed by atoms with Gasteiger partial charge in [0.15, 0.2) is 0 Å². The highest BCUT2D eigenvalue weighted by Crippen LogP contribution is 2.29. The summed E-state index contributed by atoms with van der Waals surface area (Å²) in [7, 11) is 0. The molecule has 2 nitrogen and oxygen atoms in total. The van der Waals surface area contributed by atoms with Crippen LogP contribution in [0, 0.1) is 0 Å². The van der Waals surface area contributed by atoms with Gasteiger partial charge in [-0.2, -0.15) is 0 Å². The predicted octanol–water partition coefficient (Wildman–Crippen LogP) is 3.17. The zero-order valence-electron chi connectivity index (χ0n) is 10.4. The molecule has 0 aromatic heterocycles. The van der Waals surface area contributed by atoms with E-state index in [0.29, 0.717) is 0 Å². The maximum atomic E-state index is 9.77. The molecule has 0 radical (unpaired) electrons. The molecule has 0 amide bonds. The monoisotopic (exact) mass is 305 g/mol. The van der Waals surface area contributed by atoms with Gasteiger partial charge < -0.3 is 5.11 Å².